The topological polar surface area (TPSA) is 138 Å². The van der Waals surface area contributed by atoms with Crippen molar-refractivity contribution in [2.75, 3.05) is 11.9 Å². The number of nitrogens with zero attached hydrogens (tertiary/aromatic N) is 3. The first-order chi connectivity index (χ1) is 15.3. The fourth-order valence-electron chi connectivity index (χ4n) is 3.37. The maximum atomic E-state index is 10.9. The van der Waals surface area contributed by atoms with Gasteiger partial charge in [0.25, 0.3) is 0 Å². The summed E-state index contributed by atoms with van der Waals surface area (Å²) < 4.78 is 37.0. The SMILES string of the molecule is Cc1nc2c(cc1CCc1noc(CC(C)(C)CC(=O)O)n1)CCCN2.O=C(O)C(F)(F)F. The number of carboxylic acid groups (broad SMARTS) is 2. The highest BCUT2D eigenvalue weighted by molar-refractivity contribution is 5.73. The lowest BCUT2D eigenvalue weighted by atomic mass is 9.86. The molecule has 0 aliphatic carbocycles. The number of hydrogen-bond donors (Lipinski definition) is 3. The predicted octanol–water partition coefficient (Wildman–Crippen LogP) is 3.59. The molecule has 0 radical (unpaired) electrons. The van der Waals surface area contributed by atoms with Gasteiger partial charge in [-0.05, 0) is 42.7 Å². The Labute approximate surface area is 188 Å². The van der Waals surface area contributed by atoms with E-state index < -0.39 is 23.5 Å². The first-order valence-corrected chi connectivity index (χ1v) is 10.3. The molecule has 3 rings (SSSR count). The second-order valence-electron chi connectivity index (χ2n) is 8.59. The molecule has 0 spiro atoms. The van der Waals surface area contributed by atoms with E-state index in [1.807, 2.05) is 20.8 Å². The Morgan fingerprint density at radius 2 is 1.85 bits per heavy atom. The van der Waals surface area contributed by atoms with Gasteiger partial charge in [0.15, 0.2) is 5.82 Å². The molecule has 33 heavy (non-hydrogen) atoms. The highest BCUT2D eigenvalue weighted by Crippen LogP contribution is 2.26. The average Bonchev–Trinajstić information content (AvgIpc) is 3.11. The number of fused-ring (bicyclic) bond motifs is 1. The number of aryl methyl sites for hydroxylation is 4. The summed E-state index contributed by atoms with van der Waals surface area (Å²) in [7, 11) is 0. The highest BCUT2D eigenvalue weighted by Gasteiger charge is 2.38. The number of nitrogens with one attached hydrogen (secondary N) is 1. The molecule has 0 saturated carbocycles. The molecule has 0 amide bonds. The molecule has 2 aromatic heterocycles. The number of aliphatic carboxylic acids is 2. The van der Waals surface area contributed by atoms with E-state index in [0.717, 1.165) is 37.3 Å². The van der Waals surface area contributed by atoms with Crippen LogP contribution in [0.4, 0.5) is 19.0 Å². The second kappa shape index (κ2) is 10.6. The van der Waals surface area contributed by atoms with Crippen molar-refractivity contribution in [3.8, 4) is 0 Å². The first kappa shape index (κ1) is 26.1. The van der Waals surface area contributed by atoms with Crippen LogP contribution in [0.25, 0.3) is 0 Å². The lowest BCUT2D eigenvalue weighted by molar-refractivity contribution is -0.192. The van der Waals surface area contributed by atoms with Gasteiger partial charge in [-0.15, -0.1) is 0 Å². The smallest absolute Gasteiger partial charge is 0.481 e. The molecule has 0 unspecified atom stereocenters. The summed E-state index contributed by atoms with van der Waals surface area (Å²) in [6.45, 7) is 6.80. The minimum absolute atomic E-state index is 0.0682. The lowest BCUT2D eigenvalue weighted by Gasteiger charge is -2.19. The van der Waals surface area contributed by atoms with Crippen molar-refractivity contribution >= 4 is 17.8 Å². The number of carbonyl (C=O) groups is 2. The average molecular weight is 472 g/mol. The fraction of sp³-hybridized carbons (Fsp3) is 0.571. The van der Waals surface area contributed by atoms with Gasteiger partial charge in [-0.25, -0.2) is 9.78 Å². The molecular formula is C21H27F3N4O5. The summed E-state index contributed by atoms with van der Waals surface area (Å²) in [5, 5.41) is 23.5. The van der Waals surface area contributed by atoms with Gasteiger partial charge in [-0.3, -0.25) is 4.79 Å². The van der Waals surface area contributed by atoms with Gasteiger partial charge in [0, 0.05) is 25.1 Å². The number of hydrogen-bond acceptors (Lipinski definition) is 7. The molecule has 0 bridgehead atoms. The third-order valence-corrected chi connectivity index (χ3v) is 4.94. The molecule has 0 atom stereocenters. The van der Waals surface area contributed by atoms with Crippen LogP contribution in [0.15, 0.2) is 10.6 Å². The summed E-state index contributed by atoms with van der Waals surface area (Å²) in [5.41, 5.74) is 3.11. The number of aromatic nitrogens is 3. The number of rotatable bonds is 7. The number of carboxylic acids is 2. The molecule has 1 aliphatic heterocycles. The largest absolute Gasteiger partial charge is 0.490 e. The maximum Gasteiger partial charge on any atom is 0.490 e. The first-order valence-electron chi connectivity index (χ1n) is 10.3. The van der Waals surface area contributed by atoms with Crippen LogP contribution in [0.1, 0.15) is 55.2 Å². The number of halogens is 3. The van der Waals surface area contributed by atoms with Crippen LogP contribution in [0.3, 0.4) is 0 Å². The lowest BCUT2D eigenvalue weighted by Crippen LogP contribution is -2.21. The molecule has 3 N–H and O–H groups in total. The molecule has 2 aromatic rings. The van der Waals surface area contributed by atoms with Crippen molar-refractivity contribution < 1.29 is 37.5 Å². The van der Waals surface area contributed by atoms with E-state index in [0.29, 0.717) is 24.6 Å². The summed E-state index contributed by atoms with van der Waals surface area (Å²) in [5.74, 6) is -1.41. The van der Waals surface area contributed by atoms with Crippen LogP contribution >= 0.6 is 0 Å². The molecule has 12 heteroatoms. The Hall–Kier alpha value is -3.18. The number of anilines is 1. The molecule has 0 fully saturated rings. The van der Waals surface area contributed by atoms with Gasteiger partial charge in [-0.2, -0.15) is 18.2 Å². The summed E-state index contributed by atoms with van der Waals surface area (Å²) in [4.78, 5) is 28.9. The fourth-order valence-corrected chi connectivity index (χ4v) is 3.37. The van der Waals surface area contributed by atoms with Crippen molar-refractivity contribution in [2.24, 2.45) is 5.41 Å². The van der Waals surface area contributed by atoms with E-state index in [-0.39, 0.29) is 6.42 Å². The Balaban J connectivity index is 0.000000479. The number of alkyl halides is 3. The van der Waals surface area contributed by atoms with Gasteiger partial charge in [0.2, 0.25) is 5.89 Å². The molecule has 0 aromatic carbocycles. The zero-order chi connectivity index (χ0) is 24.8. The normalized spacial score (nSPS) is 13.4. The second-order valence-corrected chi connectivity index (χ2v) is 8.59. The van der Waals surface area contributed by atoms with E-state index in [1.54, 1.807) is 0 Å². The molecule has 9 nitrogen and oxygen atoms in total. The maximum absolute atomic E-state index is 10.9. The van der Waals surface area contributed by atoms with Gasteiger partial charge < -0.3 is 20.1 Å². The van der Waals surface area contributed by atoms with Crippen LogP contribution in [0, 0.1) is 12.3 Å². The molecule has 3 heterocycles. The van der Waals surface area contributed by atoms with Crippen molar-refractivity contribution in [2.45, 2.75) is 65.5 Å². The van der Waals surface area contributed by atoms with Gasteiger partial charge in [-0.1, -0.05) is 25.1 Å². The standard InChI is InChI=1S/C19H26N4O3.C2HF3O2/c1-12-13(9-14-5-4-8-20-18(14)21-12)6-7-15-22-16(26-23-15)10-19(2,3)11-17(24)25;3-2(4,5)1(6)7/h9H,4-8,10-11H2,1-3H3,(H,20,21)(H,24,25);(H,6,7). The Bertz CT molecular complexity index is 989. The Morgan fingerprint density at radius 3 is 2.45 bits per heavy atom. The van der Waals surface area contributed by atoms with Crippen LogP contribution in [0.2, 0.25) is 0 Å². The van der Waals surface area contributed by atoms with Crippen molar-refractivity contribution in [3.63, 3.8) is 0 Å². The quantitative estimate of drug-likeness (QED) is 0.552. The summed E-state index contributed by atoms with van der Waals surface area (Å²) >= 11 is 0. The minimum Gasteiger partial charge on any atom is -0.481 e. The zero-order valence-electron chi connectivity index (χ0n) is 18.6. The van der Waals surface area contributed by atoms with E-state index >= 15 is 0 Å². The van der Waals surface area contributed by atoms with Crippen molar-refractivity contribution in [3.05, 3.63) is 34.6 Å². The Kier molecular flexibility index (Phi) is 8.39. The van der Waals surface area contributed by atoms with E-state index in [2.05, 4.69) is 26.5 Å². The monoisotopic (exact) mass is 472 g/mol. The van der Waals surface area contributed by atoms with Crippen LogP contribution in [-0.4, -0.2) is 50.0 Å². The Morgan fingerprint density at radius 1 is 1.18 bits per heavy atom. The van der Waals surface area contributed by atoms with E-state index in [1.165, 1.54) is 11.1 Å². The molecule has 0 saturated heterocycles. The summed E-state index contributed by atoms with van der Waals surface area (Å²) in [6.07, 6.45) is -0.873. The molecule has 182 valence electrons. The third kappa shape index (κ3) is 8.35. The van der Waals surface area contributed by atoms with Crippen LogP contribution in [-0.2, 0) is 35.3 Å². The number of pyridine rings is 1. The van der Waals surface area contributed by atoms with Crippen molar-refractivity contribution in [1.29, 1.82) is 0 Å². The third-order valence-electron chi connectivity index (χ3n) is 4.94. The van der Waals surface area contributed by atoms with Crippen molar-refractivity contribution in [1.82, 2.24) is 15.1 Å². The minimum atomic E-state index is -5.08. The van der Waals surface area contributed by atoms with Gasteiger partial charge >= 0.3 is 18.1 Å². The highest BCUT2D eigenvalue weighted by atomic mass is 19.4. The predicted molar refractivity (Wildman–Crippen MR) is 111 cm³/mol. The summed E-state index contributed by atoms with van der Waals surface area (Å²) in [6, 6.07) is 2.24. The molecule has 1 aliphatic rings. The van der Waals surface area contributed by atoms with Gasteiger partial charge in [0.05, 0.1) is 6.42 Å². The van der Waals surface area contributed by atoms with Crippen LogP contribution in [0.5, 0.6) is 0 Å². The zero-order valence-corrected chi connectivity index (χ0v) is 18.6. The van der Waals surface area contributed by atoms with E-state index in [9.17, 15) is 18.0 Å². The van der Waals surface area contributed by atoms with E-state index in [4.69, 9.17) is 19.5 Å². The van der Waals surface area contributed by atoms with Crippen LogP contribution < -0.4 is 5.32 Å². The molecular weight excluding hydrogens is 445 g/mol. The van der Waals surface area contributed by atoms with Gasteiger partial charge in [0.1, 0.15) is 5.82 Å².